The SMILES string of the molecule is CC(C)(C)C(=O)N1CC(=O)NC(CO)C1. The van der Waals surface area contributed by atoms with E-state index in [0.29, 0.717) is 6.54 Å². The summed E-state index contributed by atoms with van der Waals surface area (Å²) in [6.07, 6.45) is 0. The minimum atomic E-state index is -0.488. The van der Waals surface area contributed by atoms with Crippen molar-refractivity contribution in [1.29, 1.82) is 0 Å². The van der Waals surface area contributed by atoms with Crippen LogP contribution in [0.5, 0.6) is 0 Å². The van der Waals surface area contributed by atoms with Crippen molar-refractivity contribution in [3.8, 4) is 0 Å². The molecule has 0 aromatic carbocycles. The van der Waals surface area contributed by atoms with Gasteiger partial charge in [0.2, 0.25) is 11.8 Å². The minimum Gasteiger partial charge on any atom is -0.394 e. The van der Waals surface area contributed by atoms with E-state index < -0.39 is 5.41 Å². The van der Waals surface area contributed by atoms with Crippen molar-refractivity contribution in [1.82, 2.24) is 10.2 Å². The molecule has 1 atom stereocenters. The maximum Gasteiger partial charge on any atom is 0.239 e. The van der Waals surface area contributed by atoms with Gasteiger partial charge in [0, 0.05) is 12.0 Å². The van der Waals surface area contributed by atoms with Gasteiger partial charge in [-0.1, -0.05) is 20.8 Å². The molecule has 5 heteroatoms. The topological polar surface area (TPSA) is 69.6 Å². The normalized spacial score (nSPS) is 22.5. The maximum atomic E-state index is 11.9. The second-order valence-electron chi connectivity index (χ2n) is 4.88. The summed E-state index contributed by atoms with van der Waals surface area (Å²) in [5, 5.41) is 11.6. The Kier molecular flexibility index (Phi) is 3.34. The highest BCUT2D eigenvalue weighted by atomic mass is 16.3. The smallest absolute Gasteiger partial charge is 0.239 e. The van der Waals surface area contributed by atoms with Crippen LogP contribution in [-0.4, -0.2) is 47.6 Å². The van der Waals surface area contributed by atoms with Crippen molar-refractivity contribution in [3.63, 3.8) is 0 Å². The van der Waals surface area contributed by atoms with Crippen LogP contribution in [-0.2, 0) is 9.59 Å². The van der Waals surface area contributed by atoms with Gasteiger partial charge in [0.1, 0.15) is 0 Å². The summed E-state index contributed by atoms with van der Waals surface area (Å²) in [7, 11) is 0. The highest BCUT2D eigenvalue weighted by molar-refractivity contribution is 5.88. The molecule has 15 heavy (non-hydrogen) atoms. The number of carbonyl (C=O) groups is 2. The average molecular weight is 214 g/mol. The molecule has 5 nitrogen and oxygen atoms in total. The Hall–Kier alpha value is -1.10. The Balaban J connectivity index is 2.70. The molecule has 1 heterocycles. The zero-order valence-electron chi connectivity index (χ0n) is 9.41. The number of nitrogens with one attached hydrogen (secondary N) is 1. The molecule has 2 amide bonds. The van der Waals surface area contributed by atoms with Crippen LogP contribution >= 0.6 is 0 Å². The van der Waals surface area contributed by atoms with E-state index >= 15 is 0 Å². The molecule has 0 bridgehead atoms. The van der Waals surface area contributed by atoms with Gasteiger partial charge in [0.05, 0.1) is 19.2 Å². The first-order valence-corrected chi connectivity index (χ1v) is 5.04. The van der Waals surface area contributed by atoms with Crippen molar-refractivity contribution in [2.75, 3.05) is 19.7 Å². The first-order chi connectivity index (χ1) is 6.84. The Morgan fingerprint density at radius 1 is 1.60 bits per heavy atom. The summed E-state index contributed by atoms with van der Waals surface area (Å²) in [6, 6.07) is -0.336. The van der Waals surface area contributed by atoms with Gasteiger partial charge in [0.25, 0.3) is 0 Å². The van der Waals surface area contributed by atoms with Crippen LogP contribution in [0.2, 0.25) is 0 Å². The Morgan fingerprint density at radius 3 is 2.67 bits per heavy atom. The molecule has 0 saturated carbocycles. The summed E-state index contributed by atoms with van der Waals surface area (Å²) < 4.78 is 0. The second kappa shape index (κ2) is 4.18. The molecular weight excluding hydrogens is 196 g/mol. The molecule has 0 aromatic rings. The maximum absolute atomic E-state index is 11.9. The Labute approximate surface area is 89.4 Å². The fraction of sp³-hybridized carbons (Fsp3) is 0.800. The molecule has 0 aromatic heterocycles. The number of amides is 2. The van der Waals surface area contributed by atoms with Gasteiger partial charge < -0.3 is 15.3 Å². The average Bonchev–Trinajstić information content (AvgIpc) is 2.14. The van der Waals surface area contributed by atoms with Crippen LogP contribution in [0.15, 0.2) is 0 Å². The Morgan fingerprint density at radius 2 is 2.20 bits per heavy atom. The van der Waals surface area contributed by atoms with Crippen molar-refractivity contribution in [2.45, 2.75) is 26.8 Å². The number of hydrogen-bond donors (Lipinski definition) is 2. The van der Waals surface area contributed by atoms with Gasteiger partial charge in [-0.05, 0) is 0 Å². The zero-order valence-corrected chi connectivity index (χ0v) is 9.41. The van der Waals surface area contributed by atoms with E-state index in [1.165, 1.54) is 4.90 Å². The fourth-order valence-electron chi connectivity index (χ4n) is 1.56. The highest BCUT2D eigenvalue weighted by Crippen LogP contribution is 2.18. The molecule has 1 saturated heterocycles. The number of hydrogen-bond acceptors (Lipinski definition) is 3. The largest absolute Gasteiger partial charge is 0.394 e. The van der Waals surface area contributed by atoms with Gasteiger partial charge in [0.15, 0.2) is 0 Å². The summed E-state index contributed by atoms with van der Waals surface area (Å²) in [5.74, 6) is -0.270. The first kappa shape index (κ1) is 12.0. The molecule has 1 aliphatic heterocycles. The minimum absolute atomic E-state index is 0.0594. The summed E-state index contributed by atoms with van der Waals surface area (Å²) in [6.45, 7) is 5.78. The number of piperazine rings is 1. The van der Waals surface area contributed by atoms with Crippen LogP contribution in [0.4, 0.5) is 0 Å². The molecule has 0 radical (unpaired) electrons. The van der Waals surface area contributed by atoms with E-state index in [1.807, 2.05) is 20.8 Å². The third-order valence-corrected chi connectivity index (χ3v) is 2.29. The number of carbonyl (C=O) groups excluding carboxylic acids is 2. The van der Waals surface area contributed by atoms with E-state index in [0.717, 1.165) is 0 Å². The molecule has 2 N–H and O–H groups in total. The lowest BCUT2D eigenvalue weighted by Crippen LogP contribution is -2.58. The predicted octanol–water partition coefficient (Wildman–Crippen LogP) is -0.648. The van der Waals surface area contributed by atoms with E-state index in [2.05, 4.69) is 5.32 Å². The lowest BCUT2D eigenvalue weighted by Gasteiger charge is -2.35. The number of aliphatic hydroxyl groups is 1. The summed E-state index contributed by atoms with van der Waals surface area (Å²) >= 11 is 0. The zero-order chi connectivity index (χ0) is 11.6. The van der Waals surface area contributed by atoms with Gasteiger partial charge in [-0.15, -0.1) is 0 Å². The van der Waals surface area contributed by atoms with Gasteiger partial charge in [-0.25, -0.2) is 0 Å². The number of rotatable bonds is 1. The molecule has 1 unspecified atom stereocenters. The molecule has 1 aliphatic rings. The third kappa shape index (κ3) is 2.92. The van der Waals surface area contributed by atoms with E-state index in [1.54, 1.807) is 0 Å². The molecule has 0 aliphatic carbocycles. The van der Waals surface area contributed by atoms with Crippen molar-refractivity contribution in [3.05, 3.63) is 0 Å². The highest BCUT2D eigenvalue weighted by Gasteiger charge is 2.33. The molecule has 86 valence electrons. The summed E-state index contributed by atoms with van der Waals surface area (Å²) in [4.78, 5) is 24.6. The van der Waals surface area contributed by atoms with Crippen LogP contribution < -0.4 is 5.32 Å². The molecule has 1 fully saturated rings. The lowest BCUT2D eigenvalue weighted by molar-refractivity contribution is -0.146. The Bertz CT molecular complexity index is 270. The molecule has 0 spiro atoms. The lowest BCUT2D eigenvalue weighted by atomic mass is 9.94. The van der Waals surface area contributed by atoms with E-state index in [9.17, 15) is 9.59 Å². The second-order valence-corrected chi connectivity index (χ2v) is 4.88. The monoisotopic (exact) mass is 214 g/mol. The van der Waals surface area contributed by atoms with E-state index in [-0.39, 0.29) is 31.0 Å². The number of nitrogens with zero attached hydrogens (tertiary/aromatic N) is 1. The number of aliphatic hydroxyl groups excluding tert-OH is 1. The quantitative estimate of drug-likeness (QED) is 0.609. The standard InChI is InChI=1S/C10H18N2O3/c1-10(2,3)9(15)12-4-7(6-13)11-8(14)5-12/h7,13H,4-6H2,1-3H3,(H,11,14). The first-order valence-electron chi connectivity index (χ1n) is 5.04. The van der Waals surface area contributed by atoms with Gasteiger partial charge >= 0.3 is 0 Å². The molecular formula is C10H18N2O3. The predicted molar refractivity (Wildman–Crippen MR) is 55.1 cm³/mol. The summed E-state index contributed by atoms with van der Waals surface area (Å²) in [5.41, 5.74) is -0.488. The van der Waals surface area contributed by atoms with Crippen LogP contribution in [0.3, 0.4) is 0 Å². The fourth-order valence-corrected chi connectivity index (χ4v) is 1.56. The van der Waals surface area contributed by atoms with Crippen molar-refractivity contribution in [2.24, 2.45) is 5.41 Å². The van der Waals surface area contributed by atoms with Crippen LogP contribution in [0.25, 0.3) is 0 Å². The van der Waals surface area contributed by atoms with Gasteiger partial charge in [-0.2, -0.15) is 0 Å². The molecule has 1 rings (SSSR count). The van der Waals surface area contributed by atoms with Crippen LogP contribution in [0, 0.1) is 5.41 Å². The van der Waals surface area contributed by atoms with Gasteiger partial charge in [-0.3, -0.25) is 9.59 Å². The van der Waals surface area contributed by atoms with Crippen molar-refractivity contribution < 1.29 is 14.7 Å². The van der Waals surface area contributed by atoms with Crippen LogP contribution in [0.1, 0.15) is 20.8 Å². The van der Waals surface area contributed by atoms with Crippen molar-refractivity contribution >= 4 is 11.8 Å². The third-order valence-electron chi connectivity index (χ3n) is 2.29. The van der Waals surface area contributed by atoms with E-state index in [4.69, 9.17) is 5.11 Å².